The van der Waals surface area contributed by atoms with Crippen LogP contribution >= 0.6 is 0 Å². The molecule has 16 heavy (non-hydrogen) atoms. The molecule has 2 saturated heterocycles. The molecule has 6 nitrogen and oxygen atoms in total. The van der Waals surface area contributed by atoms with Gasteiger partial charge in [0.15, 0.2) is 0 Å². The standard InChI is InChI=1S/C9H17BN2O4/c13-6-4-8(10(15)16)12(5-6)9(14)7-2-1-3-11-7/h6-8,11,13,15-16H,1-5H2/t6-,7+,8+/m1/s1. The van der Waals surface area contributed by atoms with Gasteiger partial charge in [-0.05, 0) is 25.8 Å². The van der Waals surface area contributed by atoms with Crippen molar-refractivity contribution in [1.82, 2.24) is 10.2 Å². The third-order valence-corrected chi connectivity index (χ3v) is 3.31. The van der Waals surface area contributed by atoms with Crippen LogP contribution in [0.5, 0.6) is 0 Å². The molecular weight excluding hydrogens is 211 g/mol. The summed E-state index contributed by atoms with van der Waals surface area (Å²) in [5, 5.41) is 30.9. The van der Waals surface area contributed by atoms with E-state index in [4.69, 9.17) is 10.0 Å². The molecule has 0 unspecified atom stereocenters. The number of carbonyl (C=O) groups is 1. The van der Waals surface area contributed by atoms with Gasteiger partial charge in [-0.15, -0.1) is 0 Å². The van der Waals surface area contributed by atoms with Gasteiger partial charge in [0, 0.05) is 6.54 Å². The maximum Gasteiger partial charge on any atom is 0.475 e. The normalized spacial score (nSPS) is 34.4. The topological polar surface area (TPSA) is 93.0 Å². The van der Waals surface area contributed by atoms with E-state index in [-0.39, 0.29) is 24.9 Å². The van der Waals surface area contributed by atoms with E-state index in [1.807, 2.05) is 0 Å². The molecule has 90 valence electrons. The van der Waals surface area contributed by atoms with Crippen LogP contribution in [0.25, 0.3) is 0 Å². The summed E-state index contributed by atoms with van der Waals surface area (Å²) in [6.07, 6.45) is 1.31. The zero-order chi connectivity index (χ0) is 11.7. The van der Waals surface area contributed by atoms with Gasteiger partial charge in [-0.1, -0.05) is 0 Å². The molecule has 7 heteroatoms. The van der Waals surface area contributed by atoms with Gasteiger partial charge >= 0.3 is 7.12 Å². The number of hydrogen-bond donors (Lipinski definition) is 4. The van der Waals surface area contributed by atoms with Crippen molar-refractivity contribution in [3.05, 3.63) is 0 Å². The van der Waals surface area contributed by atoms with Gasteiger partial charge in [0.2, 0.25) is 5.91 Å². The van der Waals surface area contributed by atoms with E-state index in [1.165, 1.54) is 4.90 Å². The van der Waals surface area contributed by atoms with Crippen molar-refractivity contribution in [2.75, 3.05) is 13.1 Å². The predicted octanol–water partition coefficient (Wildman–Crippen LogP) is -2.29. The maximum absolute atomic E-state index is 12.0. The molecule has 0 aliphatic carbocycles. The largest absolute Gasteiger partial charge is 0.475 e. The molecule has 2 aliphatic rings. The molecule has 2 aliphatic heterocycles. The molecule has 0 aromatic heterocycles. The van der Waals surface area contributed by atoms with Gasteiger partial charge in [-0.3, -0.25) is 4.79 Å². The molecule has 0 aromatic carbocycles. The first-order valence-electron chi connectivity index (χ1n) is 5.67. The van der Waals surface area contributed by atoms with Crippen molar-refractivity contribution in [2.24, 2.45) is 0 Å². The minimum Gasteiger partial charge on any atom is -0.426 e. The molecule has 0 aromatic rings. The van der Waals surface area contributed by atoms with Crippen molar-refractivity contribution in [2.45, 2.75) is 37.3 Å². The van der Waals surface area contributed by atoms with Gasteiger partial charge in [0.1, 0.15) is 0 Å². The Balaban J connectivity index is 2.03. The third kappa shape index (κ3) is 2.22. The van der Waals surface area contributed by atoms with E-state index < -0.39 is 19.2 Å². The Kier molecular flexibility index (Phi) is 3.49. The second-order valence-corrected chi connectivity index (χ2v) is 4.51. The van der Waals surface area contributed by atoms with Gasteiger partial charge in [-0.2, -0.15) is 0 Å². The second-order valence-electron chi connectivity index (χ2n) is 4.51. The Morgan fingerprint density at radius 1 is 1.44 bits per heavy atom. The molecule has 2 heterocycles. The number of likely N-dealkylation sites (tertiary alicyclic amines) is 1. The number of rotatable bonds is 2. The summed E-state index contributed by atoms with van der Waals surface area (Å²) in [7, 11) is -1.58. The summed E-state index contributed by atoms with van der Waals surface area (Å²) >= 11 is 0. The number of aliphatic hydroxyl groups is 1. The molecule has 0 bridgehead atoms. The lowest BCUT2D eigenvalue weighted by molar-refractivity contribution is -0.133. The Hall–Kier alpha value is -0.625. The van der Waals surface area contributed by atoms with E-state index in [2.05, 4.69) is 5.32 Å². The highest BCUT2D eigenvalue weighted by Crippen LogP contribution is 2.21. The van der Waals surface area contributed by atoms with Crippen LogP contribution in [0.1, 0.15) is 19.3 Å². The van der Waals surface area contributed by atoms with Crippen molar-refractivity contribution in [1.29, 1.82) is 0 Å². The summed E-state index contributed by atoms with van der Waals surface area (Å²) in [5.41, 5.74) is 0. The van der Waals surface area contributed by atoms with E-state index in [0.29, 0.717) is 0 Å². The zero-order valence-corrected chi connectivity index (χ0v) is 9.04. The number of β-amino-alcohol motifs (C(OH)–C–C–N with tert-alkyl or cyclic N) is 1. The number of nitrogens with zero attached hydrogens (tertiary/aromatic N) is 1. The van der Waals surface area contributed by atoms with Gasteiger partial charge in [0.25, 0.3) is 0 Å². The first-order valence-corrected chi connectivity index (χ1v) is 5.67. The lowest BCUT2D eigenvalue weighted by atomic mass is 9.77. The predicted molar refractivity (Wildman–Crippen MR) is 57.3 cm³/mol. The highest BCUT2D eigenvalue weighted by molar-refractivity contribution is 6.43. The summed E-state index contributed by atoms with van der Waals surface area (Å²) in [4.78, 5) is 13.4. The Bertz CT molecular complexity index is 270. The average Bonchev–Trinajstić information content (AvgIpc) is 2.84. The summed E-state index contributed by atoms with van der Waals surface area (Å²) in [6, 6.07) is -0.230. The minimum atomic E-state index is -1.58. The third-order valence-electron chi connectivity index (χ3n) is 3.31. The van der Waals surface area contributed by atoms with Crippen LogP contribution in [0.2, 0.25) is 0 Å². The van der Waals surface area contributed by atoms with Crippen molar-refractivity contribution >= 4 is 13.0 Å². The van der Waals surface area contributed by atoms with Gasteiger partial charge < -0.3 is 25.4 Å². The Morgan fingerprint density at radius 2 is 2.19 bits per heavy atom. The molecule has 2 fully saturated rings. The quantitative estimate of drug-likeness (QED) is 0.399. The van der Waals surface area contributed by atoms with E-state index in [9.17, 15) is 9.90 Å². The van der Waals surface area contributed by atoms with Crippen LogP contribution < -0.4 is 5.32 Å². The monoisotopic (exact) mass is 228 g/mol. The molecule has 0 spiro atoms. The summed E-state index contributed by atoms with van der Waals surface area (Å²) in [6.45, 7) is 1.01. The van der Waals surface area contributed by atoms with Crippen LogP contribution in [0.4, 0.5) is 0 Å². The van der Waals surface area contributed by atoms with E-state index in [1.54, 1.807) is 0 Å². The number of carbonyl (C=O) groups excluding carboxylic acids is 1. The fraction of sp³-hybridized carbons (Fsp3) is 0.889. The molecular formula is C9H17BN2O4. The highest BCUT2D eigenvalue weighted by atomic mass is 16.4. The Labute approximate surface area is 94.4 Å². The van der Waals surface area contributed by atoms with Crippen molar-refractivity contribution < 1.29 is 19.9 Å². The van der Waals surface area contributed by atoms with E-state index >= 15 is 0 Å². The number of nitrogens with one attached hydrogen (secondary N) is 1. The molecule has 3 atom stereocenters. The molecule has 0 saturated carbocycles. The van der Waals surface area contributed by atoms with Crippen molar-refractivity contribution in [3.8, 4) is 0 Å². The first kappa shape index (κ1) is 11.8. The first-order chi connectivity index (χ1) is 7.59. The lowest BCUT2D eigenvalue weighted by Gasteiger charge is -2.26. The van der Waals surface area contributed by atoms with Crippen molar-refractivity contribution in [3.63, 3.8) is 0 Å². The number of hydrogen-bond acceptors (Lipinski definition) is 5. The average molecular weight is 228 g/mol. The summed E-state index contributed by atoms with van der Waals surface area (Å²) < 4.78 is 0. The van der Waals surface area contributed by atoms with Crippen LogP contribution in [-0.4, -0.2) is 64.3 Å². The zero-order valence-electron chi connectivity index (χ0n) is 9.04. The number of amides is 1. The smallest absolute Gasteiger partial charge is 0.426 e. The fourth-order valence-electron chi connectivity index (χ4n) is 2.47. The molecule has 1 amide bonds. The minimum absolute atomic E-state index is 0.132. The van der Waals surface area contributed by atoms with Crippen LogP contribution in [-0.2, 0) is 4.79 Å². The molecule has 0 radical (unpaired) electrons. The maximum atomic E-state index is 12.0. The fourth-order valence-corrected chi connectivity index (χ4v) is 2.47. The van der Waals surface area contributed by atoms with Crippen LogP contribution in [0.3, 0.4) is 0 Å². The molecule has 2 rings (SSSR count). The number of aliphatic hydroxyl groups excluding tert-OH is 1. The van der Waals surface area contributed by atoms with Crippen LogP contribution in [0, 0.1) is 0 Å². The van der Waals surface area contributed by atoms with Gasteiger partial charge in [-0.25, -0.2) is 0 Å². The summed E-state index contributed by atoms with van der Waals surface area (Å²) in [5.74, 6) is -0.808. The highest BCUT2D eigenvalue weighted by Gasteiger charge is 2.43. The SMILES string of the molecule is O=C([C@@H]1CCCN1)N1C[C@H](O)C[C@H]1B(O)O. The second kappa shape index (κ2) is 4.71. The lowest BCUT2D eigenvalue weighted by Crippen LogP contribution is -2.51. The molecule has 4 N–H and O–H groups in total. The van der Waals surface area contributed by atoms with Crippen LogP contribution in [0.15, 0.2) is 0 Å². The van der Waals surface area contributed by atoms with E-state index in [0.717, 1.165) is 19.4 Å². The van der Waals surface area contributed by atoms with Gasteiger partial charge in [0.05, 0.1) is 18.1 Å². The Morgan fingerprint density at radius 3 is 2.75 bits per heavy atom.